The second kappa shape index (κ2) is 5.63. The molecule has 0 amide bonds. The SMILES string of the molecule is N#C/C(=C(/N)c1cccc(F)c1Br)c1cccnc1. The summed E-state index contributed by atoms with van der Waals surface area (Å²) in [5.41, 5.74) is 7.50. The van der Waals surface area contributed by atoms with Gasteiger partial charge in [0, 0.05) is 23.5 Å². The smallest absolute Gasteiger partial charge is 0.138 e. The van der Waals surface area contributed by atoms with E-state index >= 15 is 0 Å². The number of benzene rings is 1. The molecule has 0 saturated heterocycles. The van der Waals surface area contributed by atoms with E-state index in [9.17, 15) is 9.65 Å². The van der Waals surface area contributed by atoms with Gasteiger partial charge in [0.1, 0.15) is 11.9 Å². The lowest BCUT2D eigenvalue weighted by molar-refractivity contribution is 0.620. The van der Waals surface area contributed by atoms with Crippen molar-refractivity contribution in [2.24, 2.45) is 5.73 Å². The predicted octanol–water partition coefficient (Wildman–Crippen LogP) is 3.33. The molecule has 3 nitrogen and oxygen atoms in total. The van der Waals surface area contributed by atoms with Crippen molar-refractivity contribution in [2.45, 2.75) is 0 Å². The Morgan fingerprint density at radius 2 is 2.11 bits per heavy atom. The van der Waals surface area contributed by atoms with Gasteiger partial charge < -0.3 is 5.73 Å². The molecule has 5 heteroatoms. The summed E-state index contributed by atoms with van der Waals surface area (Å²) in [5.74, 6) is -0.427. The van der Waals surface area contributed by atoms with E-state index in [-0.39, 0.29) is 15.7 Å². The zero-order valence-corrected chi connectivity index (χ0v) is 11.4. The van der Waals surface area contributed by atoms with Crippen LogP contribution in [0.1, 0.15) is 11.1 Å². The Bertz CT molecular complexity index is 675. The van der Waals surface area contributed by atoms with Gasteiger partial charge in [-0.3, -0.25) is 4.98 Å². The van der Waals surface area contributed by atoms with Crippen molar-refractivity contribution in [1.82, 2.24) is 4.98 Å². The minimum absolute atomic E-state index is 0.210. The normalized spacial score (nSPS) is 11.6. The highest BCUT2D eigenvalue weighted by Gasteiger charge is 2.13. The quantitative estimate of drug-likeness (QED) is 0.864. The van der Waals surface area contributed by atoms with Crippen molar-refractivity contribution in [2.75, 3.05) is 0 Å². The minimum Gasteiger partial charge on any atom is -0.397 e. The van der Waals surface area contributed by atoms with Crippen molar-refractivity contribution < 1.29 is 4.39 Å². The standard InChI is InChI=1S/C14H9BrFN3/c15-13-10(4-1-5-12(13)16)14(18)11(7-17)9-3-2-6-19-8-9/h1-6,8H,18H2/b14-11-. The lowest BCUT2D eigenvalue weighted by Gasteiger charge is -2.08. The number of nitrogens with two attached hydrogens (primary N) is 1. The molecule has 2 rings (SSSR count). The maximum Gasteiger partial charge on any atom is 0.138 e. The fraction of sp³-hybridized carbons (Fsp3) is 0. The largest absolute Gasteiger partial charge is 0.397 e. The minimum atomic E-state index is -0.427. The van der Waals surface area contributed by atoms with Gasteiger partial charge in [-0.05, 0) is 28.1 Å². The zero-order chi connectivity index (χ0) is 13.8. The highest BCUT2D eigenvalue weighted by molar-refractivity contribution is 9.10. The second-order valence-electron chi connectivity index (χ2n) is 3.74. The van der Waals surface area contributed by atoms with Gasteiger partial charge in [0.25, 0.3) is 0 Å². The van der Waals surface area contributed by atoms with Crippen LogP contribution in [0.5, 0.6) is 0 Å². The first-order chi connectivity index (χ1) is 9.15. The van der Waals surface area contributed by atoms with Crippen LogP contribution in [0, 0.1) is 17.1 Å². The molecule has 0 atom stereocenters. The lowest BCUT2D eigenvalue weighted by Crippen LogP contribution is -2.02. The van der Waals surface area contributed by atoms with Crippen molar-refractivity contribution in [3.8, 4) is 6.07 Å². The molecule has 1 aromatic heterocycles. The average Bonchev–Trinajstić information content (AvgIpc) is 2.44. The number of allylic oxidation sites excluding steroid dienone is 1. The maximum atomic E-state index is 13.5. The van der Waals surface area contributed by atoms with Crippen LogP contribution in [-0.4, -0.2) is 4.98 Å². The predicted molar refractivity (Wildman–Crippen MR) is 75.0 cm³/mol. The van der Waals surface area contributed by atoms with E-state index in [0.29, 0.717) is 11.1 Å². The highest BCUT2D eigenvalue weighted by atomic mass is 79.9. The van der Waals surface area contributed by atoms with Crippen LogP contribution < -0.4 is 5.73 Å². The van der Waals surface area contributed by atoms with Gasteiger partial charge >= 0.3 is 0 Å². The van der Waals surface area contributed by atoms with Crippen LogP contribution in [-0.2, 0) is 0 Å². The monoisotopic (exact) mass is 317 g/mol. The number of pyridine rings is 1. The number of aromatic nitrogens is 1. The Hall–Kier alpha value is -2.19. The summed E-state index contributed by atoms with van der Waals surface area (Å²) in [4.78, 5) is 3.94. The number of hydrogen-bond acceptors (Lipinski definition) is 3. The molecule has 0 bridgehead atoms. The van der Waals surface area contributed by atoms with Gasteiger partial charge in [0.15, 0.2) is 0 Å². The second-order valence-corrected chi connectivity index (χ2v) is 4.54. The fourth-order valence-corrected chi connectivity index (χ4v) is 2.12. The van der Waals surface area contributed by atoms with Crippen molar-refractivity contribution in [1.29, 1.82) is 5.26 Å². The first-order valence-electron chi connectivity index (χ1n) is 5.39. The molecular weight excluding hydrogens is 309 g/mol. The van der Waals surface area contributed by atoms with E-state index in [1.165, 1.54) is 6.07 Å². The third kappa shape index (κ3) is 2.64. The van der Waals surface area contributed by atoms with Crippen LogP contribution in [0.3, 0.4) is 0 Å². The van der Waals surface area contributed by atoms with Gasteiger partial charge in [-0.15, -0.1) is 0 Å². The van der Waals surface area contributed by atoms with Crippen LogP contribution >= 0.6 is 15.9 Å². The average molecular weight is 318 g/mol. The Balaban J connectivity index is 2.63. The van der Waals surface area contributed by atoms with E-state index in [4.69, 9.17) is 5.73 Å². The highest BCUT2D eigenvalue weighted by Crippen LogP contribution is 2.28. The van der Waals surface area contributed by atoms with Crippen LogP contribution in [0.4, 0.5) is 4.39 Å². The van der Waals surface area contributed by atoms with Crippen LogP contribution in [0.15, 0.2) is 47.2 Å². The molecule has 1 heterocycles. The van der Waals surface area contributed by atoms with Crippen molar-refractivity contribution in [3.63, 3.8) is 0 Å². The molecule has 94 valence electrons. The first-order valence-corrected chi connectivity index (χ1v) is 6.19. The number of nitrogens with zero attached hydrogens (tertiary/aromatic N) is 2. The van der Waals surface area contributed by atoms with Gasteiger partial charge in [-0.25, -0.2) is 4.39 Å². The molecule has 0 saturated carbocycles. The topological polar surface area (TPSA) is 62.7 Å². The van der Waals surface area contributed by atoms with E-state index in [1.54, 1.807) is 36.7 Å². The molecule has 19 heavy (non-hydrogen) atoms. The maximum absolute atomic E-state index is 13.5. The van der Waals surface area contributed by atoms with E-state index in [1.807, 2.05) is 6.07 Å². The molecule has 0 aliphatic heterocycles. The molecule has 0 fully saturated rings. The molecule has 2 N–H and O–H groups in total. The van der Waals surface area contributed by atoms with Gasteiger partial charge in [0.2, 0.25) is 0 Å². The summed E-state index contributed by atoms with van der Waals surface area (Å²) < 4.78 is 13.7. The number of hydrogen-bond donors (Lipinski definition) is 1. The number of rotatable bonds is 2. The summed E-state index contributed by atoms with van der Waals surface area (Å²) in [7, 11) is 0. The van der Waals surface area contributed by atoms with E-state index < -0.39 is 5.82 Å². The summed E-state index contributed by atoms with van der Waals surface area (Å²) in [6, 6.07) is 9.98. The van der Waals surface area contributed by atoms with Crippen molar-refractivity contribution >= 4 is 27.2 Å². The molecular formula is C14H9BrFN3. The number of nitriles is 1. The summed E-state index contributed by atoms with van der Waals surface area (Å²) in [6.07, 6.45) is 3.14. The number of halogens is 2. The third-order valence-electron chi connectivity index (χ3n) is 2.57. The van der Waals surface area contributed by atoms with Gasteiger partial charge in [-0.2, -0.15) is 5.26 Å². The molecule has 0 spiro atoms. The molecule has 0 aliphatic carbocycles. The molecule has 0 radical (unpaired) electrons. The van der Waals surface area contributed by atoms with Crippen LogP contribution in [0.25, 0.3) is 11.3 Å². The summed E-state index contributed by atoms with van der Waals surface area (Å²) in [5, 5.41) is 9.25. The van der Waals surface area contributed by atoms with E-state index in [0.717, 1.165) is 0 Å². The molecule has 2 aromatic rings. The van der Waals surface area contributed by atoms with Gasteiger partial charge in [-0.1, -0.05) is 18.2 Å². The molecule has 0 unspecified atom stereocenters. The van der Waals surface area contributed by atoms with E-state index in [2.05, 4.69) is 20.9 Å². The Labute approximate surface area is 118 Å². The lowest BCUT2D eigenvalue weighted by atomic mass is 10.0. The third-order valence-corrected chi connectivity index (χ3v) is 3.38. The zero-order valence-electron chi connectivity index (χ0n) is 9.77. The Morgan fingerprint density at radius 1 is 1.32 bits per heavy atom. The first kappa shape index (κ1) is 13.2. The Kier molecular flexibility index (Phi) is 3.93. The Morgan fingerprint density at radius 3 is 2.74 bits per heavy atom. The van der Waals surface area contributed by atoms with Crippen LogP contribution in [0.2, 0.25) is 0 Å². The summed E-state index contributed by atoms with van der Waals surface area (Å²) in [6.45, 7) is 0. The molecule has 1 aromatic carbocycles. The van der Waals surface area contributed by atoms with Gasteiger partial charge in [0.05, 0.1) is 15.7 Å². The van der Waals surface area contributed by atoms with Crippen molar-refractivity contribution in [3.05, 3.63) is 64.1 Å². The molecule has 0 aliphatic rings. The fourth-order valence-electron chi connectivity index (χ4n) is 1.64. The summed E-state index contributed by atoms with van der Waals surface area (Å²) >= 11 is 3.14.